The van der Waals surface area contributed by atoms with Crippen molar-refractivity contribution in [2.75, 3.05) is 7.05 Å². The van der Waals surface area contributed by atoms with Crippen molar-refractivity contribution in [2.45, 2.75) is 0 Å². The molecule has 0 aromatic heterocycles. The topological polar surface area (TPSA) is 135 Å². The van der Waals surface area contributed by atoms with Gasteiger partial charge in [0.25, 0.3) is 0 Å². The molecule has 0 aliphatic heterocycles. The average molecular weight is 156 g/mol. The summed E-state index contributed by atoms with van der Waals surface area (Å²) in [5, 5.41) is 26.5. The van der Waals surface area contributed by atoms with E-state index < -0.39 is 0 Å². The van der Waals surface area contributed by atoms with E-state index in [0.29, 0.717) is 0 Å². The summed E-state index contributed by atoms with van der Waals surface area (Å²) in [6.45, 7) is 0. The largest absolute Gasteiger partial charge is 0.183 e. The molecule has 0 spiro atoms. The third kappa shape index (κ3) is 8.00. The first-order valence-electron chi connectivity index (χ1n) is 2.27. The van der Waals surface area contributed by atoms with Crippen LogP contribution in [-0.2, 0) is 0 Å². The zero-order valence-corrected chi connectivity index (χ0v) is 5.52. The van der Waals surface area contributed by atoms with Crippen LogP contribution in [0.15, 0.2) is 46.9 Å². The average Bonchev–Trinajstić information content (AvgIpc) is 2.03. The lowest BCUT2D eigenvalue weighted by Gasteiger charge is -1.66. The number of nitrogens with zero attached hydrogens (tertiary/aromatic N) is 9. The summed E-state index contributed by atoms with van der Waals surface area (Å²) in [6, 6.07) is 0. The molecule has 0 aromatic carbocycles. The molecule has 11 heavy (non-hydrogen) atoms. The fraction of sp³-hybridized carbons (Fsp3) is 1.00. The van der Waals surface area contributed by atoms with Crippen LogP contribution < -0.4 is 0 Å². The third-order valence-electron chi connectivity index (χ3n) is 0.374. The molecule has 0 heterocycles. The van der Waals surface area contributed by atoms with Crippen LogP contribution in [0.1, 0.15) is 0 Å². The lowest BCUT2D eigenvalue weighted by Crippen LogP contribution is -1.48. The molecule has 0 amide bonds. The van der Waals surface area contributed by atoms with Crippen LogP contribution in [0, 0.1) is 5.53 Å². The van der Waals surface area contributed by atoms with E-state index in [2.05, 4.69) is 46.9 Å². The summed E-state index contributed by atoms with van der Waals surface area (Å²) >= 11 is 0. The molecule has 0 aliphatic carbocycles. The number of hydrogen-bond acceptors (Lipinski definition) is 2. The van der Waals surface area contributed by atoms with Gasteiger partial charge in [-0.3, -0.25) is 0 Å². The van der Waals surface area contributed by atoms with Gasteiger partial charge in [0.15, 0.2) is 0 Å². The Morgan fingerprint density at radius 2 is 1.18 bits per heavy atom. The van der Waals surface area contributed by atoms with Crippen LogP contribution in [0.25, 0.3) is 0 Å². The predicted molar refractivity (Wildman–Crippen MR) is 30.5 cm³/mol. The smallest absolute Gasteiger partial charge is 0.0510 e. The maximum Gasteiger partial charge on any atom is 0.0510 e. The predicted octanol–water partition coefficient (Wildman–Crippen LogP) is 2.12. The number of rotatable bonds is 4. The molecule has 0 aromatic rings. The first kappa shape index (κ1) is 9.00. The molecule has 0 atom stereocenters. The van der Waals surface area contributed by atoms with E-state index in [1.54, 1.807) is 0 Å². The summed E-state index contributed by atoms with van der Waals surface area (Å²) in [7, 11) is 1.43. The minimum absolute atomic E-state index is 1.43. The Kier molecular flexibility index (Phi) is 6.55. The Bertz CT molecular complexity index is 195. The zero-order chi connectivity index (χ0) is 8.36. The van der Waals surface area contributed by atoms with Gasteiger partial charge in [0.1, 0.15) is 0 Å². The van der Waals surface area contributed by atoms with Gasteiger partial charge in [0.2, 0.25) is 0 Å². The van der Waals surface area contributed by atoms with Gasteiger partial charge in [-0.2, -0.15) is 10.6 Å². The van der Waals surface area contributed by atoms with Crippen molar-refractivity contribution in [3.63, 3.8) is 0 Å². The zero-order valence-electron chi connectivity index (χ0n) is 5.52. The van der Waals surface area contributed by atoms with Crippen LogP contribution in [0.2, 0.25) is 0 Å². The molecule has 0 unspecified atom stereocenters. The molecule has 0 saturated heterocycles. The Morgan fingerprint density at radius 1 is 0.727 bits per heavy atom. The van der Waals surface area contributed by atoms with E-state index in [9.17, 15) is 0 Å². The molecule has 0 saturated carbocycles. The molecule has 0 aliphatic rings. The van der Waals surface area contributed by atoms with E-state index >= 15 is 0 Å². The Morgan fingerprint density at radius 3 is 1.64 bits per heavy atom. The van der Waals surface area contributed by atoms with Crippen LogP contribution in [0.5, 0.6) is 0 Å². The van der Waals surface area contributed by atoms with Gasteiger partial charge in [-0.05, 0) is 41.8 Å². The SMILES string of the molecule is CN=NN=NN=NN=NN=N. The first-order valence-corrected chi connectivity index (χ1v) is 2.27. The van der Waals surface area contributed by atoms with E-state index in [4.69, 9.17) is 5.53 Å². The van der Waals surface area contributed by atoms with Crippen LogP contribution in [-0.4, -0.2) is 7.05 Å². The number of nitrogens with one attached hydrogen (secondary N) is 1. The second-order valence-electron chi connectivity index (χ2n) is 0.926. The molecule has 10 heteroatoms. The molecular formula is CH4N10. The van der Waals surface area contributed by atoms with Gasteiger partial charge in [-0.1, -0.05) is 0 Å². The van der Waals surface area contributed by atoms with Gasteiger partial charge in [0.05, 0.1) is 7.05 Å². The van der Waals surface area contributed by atoms with Gasteiger partial charge in [0, 0.05) is 0 Å². The van der Waals surface area contributed by atoms with Gasteiger partial charge in [-0.25, -0.2) is 0 Å². The lowest BCUT2D eigenvalue weighted by molar-refractivity contribution is 0.769. The van der Waals surface area contributed by atoms with Crippen molar-refractivity contribution >= 4 is 0 Å². The summed E-state index contributed by atoms with van der Waals surface area (Å²) in [5.74, 6) is 0. The van der Waals surface area contributed by atoms with E-state index in [1.165, 1.54) is 7.05 Å². The van der Waals surface area contributed by atoms with Crippen molar-refractivity contribution in [1.29, 1.82) is 5.53 Å². The minimum atomic E-state index is 1.43. The summed E-state index contributed by atoms with van der Waals surface area (Å²) in [6.07, 6.45) is 0. The van der Waals surface area contributed by atoms with Crippen molar-refractivity contribution in [3.05, 3.63) is 0 Å². The second kappa shape index (κ2) is 8.00. The highest BCUT2D eigenvalue weighted by Gasteiger charge is 1.65. The highest BCUT2D eigenvalue weighted by Crippen LogP contribution is 1.84. The lowest BCUT2D eigenvalue weighted by atomic mass is 11.6. The van der Waals surface area contributed by atoms with Gasteiger partial charge < -0.3 is 0 Å². The molecule has 0 bridgehead atoms. The Hall–Kier alpha value is -2.00. The molecule has 0 rings (SSSR count). The third-order valence-corrected chi connectivity index (χ3v) is 0.374. The maximum atomic E-state index is 6.12. The standard InChI is InChI=1S/CH4N10/c1-3-5-7-9-11-10-8-6-4-2/h2H,1H3. The van der Waals surface area contributed by atoms with Crippen molar-refractivity contribution < 1.29 is 0 Å². The summed E-state index contributed by atoms with van der Waals surface area (Å²) in [5.41, 5.74) is 6.12. The fourth-order valence-corrected chi connectivity index (χ4v) is 0.149. The maximum absolute atomic E-state index is 6.12. The summed E-state index contributed by atoms with van der Waals surface area (Å²) < 4.78 is 0. The van der Waals surface area contributed by atoms with Crippen LogP contribution >= 0.6 is 0 Å². The van der Waals surface area contributed by atoms with Gasteiger partial charge in [-0.15, -0.1) is 0 Å². The molecule has 0 radical (unpaired) electrons. The van der Waals surface area contributed by atoms with E-state index in [1.807, 2.05) is 0 Å². The van der Waals surface area contributed by atoms with Crippen molar-refractivity contribution in [1.82, 2.24) is 0 Å². The highest BCUT2D eigenvalue weighted by atomic mass is 15.7. The first-order chi connectivity index (χ1) is 5.41. The number of hydrogen-bond donors (Lipinski definition) is 1. The van der Waals surface area contributed by atoms with Crippen molar-refractivity contribution in [2.24, 2.45) is 46.9 Å². The van der Waals surface area contributed by atoms with Crippen LogP contribution in [0.3, 0.4) is 0 Å². The quantitative estimate of drug-likeness (QED) is 0.471. The second-order valence-corrected chi connectivity index (χ2v) is 0.926. The Labute approximate surface area is 60.6 Å². The normalized spacial score (nSPS) is 12.8. The molecule has 10 nitrogen and oxygen atoms in total. The highest BCUT2D eigenvalue weighted by molar-refractivity contribution is 4.09. The molecule has 0 fully saturated rings. The van der Waals surface area contributed by atoms with Crippen LogP contribution in [0.4, 0.5) is 0 Å². The monoisotopic (exact) mass is 156 g/mol. The van der Waals surface area contributed by atoms with Gasteiger partial charge >= 0.3 is 0 Å². The van der Waals surface area contributed by atoms with E-state index in [-0.39, 0.29) is 0 Å². The van der Waals surface area contributed by atoms with Crippen molar-refractivity contribution in [3.8, 4) is 0 Å². The molecule has 1 N–H and O–H groups in total. The fourth-order valence-electron chi connectivity index (χ4n) is 0.149. The molecular weight excluding hydrogens is 152 g/mol. The Balaban J connectivity index is 3.59. The minimum Gasteiger partial charge on any atom is -0.183 e. The molecule has 58 valence electrons. The summed E-state index contributed by atoms with van der Waals surface area (Å²) in [4.78, 5) is 0. The van der Waals surface area contributed by atoms with E-state index in [0.717, 1.165) is 0 Å².